The summed E-state index contributed by atoms with van der Waals surface area (Å²) in [6.07, 6.45) is 0. The number of ether oxygens (including phenoxy) is 2. The van der Waals surface area contributed by atoms with Crippen LogP contribution in [0, 0.1) is 5.82 Å². The van der Waals surface area contributed by atoms with Gasteiger partial charge in [0.25, 0.3) is 0 Å². The van der Waals surface area contributed by atoms with E-state index in [0.717, 1.165) is 5.69 Å². The molecular weight excluding hydrogens is 235 g/mol. The van der Waals surface area contributed by atoms with Crippen LogP contribution in [0.3, 0.4) is 0 Å². The molecule has 1 aromatic carbocycles. The molecular formula is C13H21FN2O2. The molecule has 0 aliphatic carbocycles. The molecule has 0 radical (unpaired) electrons. The first-order chi connectivity index (χ1) is 8.60. The van der Waals surface area contributed by atoms with Crippen LogP contribution < -0.4 is 10.6 Å². The second kappa shape index (κ2) is 7.18. The predicted molar refractivity (Wildman–Crippen MR) is 71.4 cm³/mol. The van der Waals surface area contributed by atoms with Crippen molar-refractivity contribution in [2.24, 2.45) is 0 Å². The number of hydrogen-bond donors (Lipinski definition) is 1. The van der Waals surface area contributed by atoms with Crippen LogP contribution >= 0.6 is 0 Å². The SMILES string of the molecule is COCCN(c1ccc(F)cc1N)C(C)COC. The average molecular weight is 256 g/mol. The van der Waals surface area contributed by atoms with Crippen LogP contribution in [0.4, 0.5) is 15.8 Å². The normalized spacial score (nSPS) is 12.4. The van der Waals surface area contributed by atoms with E-state index in [0.29, 0.717) is 25.4 Å². The summed E-state index contributed by atoms with van der Waals surface area (Å²) in [6.45, 7) is 3.85. The van der Waals surface area contributed by atoms with E-state index in [1.165, 1.54) is 12.1 Å². The summed E-state index contributed by atoms with van der Waals surface area (Å²) in [5.41, 5.74) is 7.09. The quantitative estimate of drug-likeness (QED) is 0.757. The Balaban J connectivity index is 2.93. The van der Waals surface area contributed by atoms with E-state index in [4.69, 9.17) is 15.2 Å². The first-order valence-electron chi connectivity index (χ1n) is 5.89. The van der Waals surface area contributed by atoms with E-state index in [-0.39, 0.29) is 11.9 Å². The van der Waals surface area contributed by atoms with Gasteiger partial charge in [-0.25, -0.2) is 4.39 Å². The Bertz CT molecular complexity index is 374. The van der Waals surface area contributed by atoms with Gasteiger partial charge in [0.1, 0.15) is 5.82 Å². The second-order valence-electron chi connectivity index (χ2n) is 4.19. The average Bonchev–Trinajstić information content (AvgIpc) is 2.32. The Morgan fingerprint density at radius 1 is 1.33 bits per heavy atom. The maximum absolute atomic E-state index is 13.1. The van der Waals surface area contributed by atoms with E-state index >= 15 is 0 Å². The zero-order valence-corrected chi connectivity index (χ0v) is 11.1. The van der Waals surface area contributed by atoms with Crippen LogP contribution in [0.1, 0.15) is 6.92 Å². The van der Waals surface area contributed by atoms with Crippen LogP contribution in [0.5, 0.6) is 0 Å². The van der Waals surface area contributed by atoms with Crippen LogP contribution in [0.25, 0.3) is 0 Å². The molecule has 0 saturated carbocycles. The highest BCUT2D eigenvalue weighted by molar-refractivity contribution is 5.67. The summed E-state index contributed by atoms with van der Waals surface area (Å²) in [5, 5.41) is 0. The first-order valence-corrected chi connectivity index (χ1v) is 5.89. The lowest BCUT2D eigenvalue weighted by Gasteiger charge is -2.31. The number of anilines is 2. The second-order valence-corrected chi connectivity index (χ2v) is 4.19. The van der Waals surface area contributed by atoms with Crippen molar-refractivity contribution in [1.82, 2.24) is 0 Å². The minimum atomic E-state index is -0.331. The number of nitrogens with two attached hydrogens (primary N) is 1. The summed E-state index contributed by atoms with van der Waals surface area (Å²) in [7, 11) is 3.30. The topological polar surface area (TPSA) is 47.7 Å². The molecule has 1 unspecified atom stereocenters. The fraction of sp³-hybridized carbons (Fsp3) is 0.538. The van der Waals surface area contributed by atoms with Gasteiger partial charge in [-0.05, 0) is 25.1 Å². The van der Waals surface area contributed by atoms with Crippen molar-refractivity contribution in [1.29, 1.82) is 0 Å². The fourth-order valence-electron chi connectivity index (χ4n) is 1.89. The zero-order valence-electron chi connectivity index (χ0n) is 11.1. The lowest BCUT2D eigenvalue weighted by atomic mass is 10.2. The highest BCUT2D eigenvalue weighted by atomic mass is 19.1. The lowest BCUT2D eigenvalue weighted by Crippen LogP contribution is -2.39. The number of halogens is 1. The molecule has 1 rings (SSSR count). The van der Waals surface area contributed by atoms with E-state index in [9.17, 15) is 4.39 Å². The molecule has 1 aromatic rings. The van der Waals surface area contributed by atoms with Crippen molar-refractivity contribution < 1.29 is 13.9 Å². The summed E-state index contributed by atoms with van der Waals surface area (Å²) >= 11 is 0. The molecule has 4 nitrogen and oxygen atoms in total. The van der Waals surface area contributed by atoms with Gasteiger partial charge < -0.3 is 20.1 Å². The summed E-state index contributed by atoms with van der Waals surface area (Å²) in [5.74, 6) is -0.331. The summed E-state index contributed by atoms with van der Waals surface area (Å²) in [4.78, 5) is 2.06. The van der Waals surface area contributed by atoms with Gasteiger partial charge in [-0.3, -0.25) is 0 Å². The molecule has 0 aliphatic rings. The Morgan fingerprint density at radius 2 is 2.06 bits per heavy atom. The van der Waals surface area contributed by atoms with Gasteiger partial charge in [-0.1, -0.05) is 0 Å². The van der Waals surface area contributed by atoms with Crippen LogP contribution in [-0.2, 0) is 9.47 Å². The van der Waals surface area contributed by atoms with Crippen molar-refractivity contribution in [3.8, 4) is 0 Å². The van der Waals surface area contributed by atoms with Gasteiger partial charge in [0.2, 0.25) is 0 Å². The maximum atomic E-state index is 13.1. The van der Waals surface area contributed by atoms with Gasteiger partial charge in [0.15, 0.2) is 0 Å². The molecule has 0 saturated heterocycles. The molecule has 18 heavy (non-hydrogen) atoms. The molecule has 0 amide bonds. The predicted octanol–water partition coefficient (Wildman–Crippen LogP) is 1.90. The molecule has 102 valence electrons. The third kappa shape index (κ3) is 3.85. The van der Waals surface area contributed by atoms with Gasteiger partial charge in [-0.2, -0.15) is 0 Å². The van der Waals surface area contributed by atoms with Crippen LogP contribution in [0.15, 0.2) is 18.2 Å². The minimum absolute atomic E-state index is 0.137. The molecule has 0 spiro atoms. The maximum Gasteiger partial charge on any atom is 0.125 e. The highest BCUT2D eigenvalue weighted by Gasteiger charge is 2.16. The van der Waals surface area contributed by atoms with Gasteiger partial charge in [-0.15, -0.1) is 0 Å². The minimum Gasteiger partial charge on any atom is -0.397 e. The van der Waals surface area contributed by atoms with Crippen LogP contribution in [0.2, 0.25) is 0 Å². The largest absolute Gasteiger partial charge is 0.397 e. The number of nitrogen functional groups attached to an aromatic ring is 1. The van der Waals surface area contributed by atoms with Crippen molar-refractivity contribution in [2.45, 2.75) is 13.0 Å². The first kappa shape index (κ1) is 14.7. The van der Waals surface area contributed by atoms with Crippen molar-refractivity contribution in [2.75, 3.05) is 44.6 Å². The van der Waals surface area contributed by atoms with Gasteiger partial charge in [0.05, 0.1) is 24.6 Å². The van der Waals surface area contributed by atoms with Gasteiger partial charge in [0, 0.05) is 26.8 Å². The number of nitrogens with zero attached hydrogens (tertiary/aromatic N) is 1. The molecule has 0 fully saturated rings. The van der Waals surface area contributed by atoms with E-state index in [1.54, 1.807) is 20.3 Å². The number of rotatable bonds is 7. The molecule has 0 bridgehead atoms. The Morgan fingerprint density at radius 3 is 2.61 bits per heavy atom. The Kier molecular flexibility index (Phi) is 5.88. The van der Waals surface area contributed by atoms with Crippen molar-refractivity contribution in [3.63, 3.8) is 0 Å². The molecule has 2 N–H and O–H groups in total. The fourth-order valence-corrected chi connectivity index (χ4v) is 1.89. The highest BCUT2D eigenvalue weighted by Crippen LogP contribution is 2.25. The Hall–Kier alpha value is -1.33. The van der Waals surface area contributed by atoms with Crippen molar-refractivity contribution >= 4 is 11.4 Å². The molecule has 1 atom stereocenters. The van der Waals surface area contributed by atoms with E-state index in [1.807, 2.05) is 6.92 Å². The van der Waals surface area contributed by atoms with Gasteiger partial charge >= 0.3 is 0 Å². The third-order valence-corrected chi connectivity index (χ3v) is 2.78. The number of hydrogen-bond acceptors (Lipinski definition) is 4. The number of methoxy groups -OCH3 is 2. The van der Waals surface area contributed by atoms with E-state index < -0.39 is 0 Å². The number of benzene rings is 1. The zero-order chi connectivity index (χ0) is 13.5. The van der Waals surface area contributed by atoms with Crippen molar-refractivity contribution in [3.05, 3.63) is 24.0 Å². The molecule has 0 aliphatic heterocycles. The molecule has 0 aromatic heterocycles. The summed E-state index contributed by atoms with van der Waals surface area (Å²) in [6, 6.07) is 4.56. The van der Waals surface area contributed by atoms with E-state index in [2.05, 4.69) is 4.90 Å². The summed E-state index contributed by atoms with van der Waals surface area (Å²) < 4.78 is 23.3. The standard InChI is InChI=1S/C13H21FN2O2/c1-10(9-18-3)16(6-7-17-2)13-5-4-11(14)8-12(13)15/h4-5,8,10H,6-7,9,15H2,1-3H3. The molecule has 0 heterocycles. The third-order valence-electron chi connectivity index (χ3n) is 2.78. The lowest BCUT2D eigenvalue weighted by molar-refractivity contribution is 0.171. The monoisotopic (exact) mass is 256 g/mol. The Labute approximate surface area is 107 Å². The molecule has 5 heteroatoms. The smallest absolute Gasteiger partial charge is 0.125 e. The van der Waals surface area contributed by atoms with Crippen LogP contribution in [-0.4, -0.2) is 40.0 Å².